The van der Waals surface area contributed by atoms with E-state index in [1.54, 1.807) is 6.07 Å². The van der Waals surface area contributed by atoms with Gasteiger partial charge in [0.05, 0.1) is 0 Å². The van der Waals surface area contributed by atoms with Crippen LogP contribution in [-0.2, 0) is 10.0 Å². The summed E-state index contributed by atoms with van der Waals surface area (Å²) in [6, 6.07) is 4.63. The molecule has 1 atom stereocenters. The fourth-order valence-corrected chi connectivity index (χ4v) is 3.13. The highest BCUT2D eigenvalue weighted by molar-refractivity contribution is 7.89. The molecule has 90 valence electrons. The summed E-state index contributed by atoms with van der Waals surface area (Å²) in [5.41, 5.74) is -0.0688. The molecule has 6 heteroatoms. The van der Waals surface area contributed by atoms with Gasteiger partial charge in [-0.1, -0.05) is 13.8 Å². The van der Waals surface area contributed by atoms with E-state index in [1.807, 2.05) is 13.8 Å². The average molecular weight is 251 g/mol. The topological polar surface area (TPSA) is 82.8 Å². The lowest BCUT2D eigenvalue weighted by Crippen LogP contribution is -2.29. The van der Waals surface area contributed by atoms with Gasteiger partial charge in [0.1, 0.15) is 11.0 Å². The van der Waals surface area contributed by atoms with Gasteiger partial charge in [-0.25, -0.2) is 18.1 Å². The van der Waals surface area contributed by atoms with Crippen molar-refractivity contribution in [2.75, 3.05) is 0 Å². The first-order valence-electron chi connectivity index (χ1n) is 5.24. The van der Waals surface area contributed by atoms with Gasteiger partial charge in [0.2, 0.25) is 10.0 Å². The molecular formula is C11H13N3O2S. The Labute approximate surface area is 101 Å². The summed E-state index contributed by atoms with van der Waals surface area (Å²) in [6.07, 6.45) is 2.22. The fourth-order valence-electron chi connectivity index (χ4n) is 1.61. The zero-order valence-electron chi connectivity index (χ0n) is 9.64. The summed E-state index contributed by atoms with van der Waals surface area (Å²) in [6.45, 7) is 3.99. The highest BCUT2D eigenvalue weighted by Gasteiger charge is 2.48. The number of pyridine rings is 1. The first-order valence-corrected chi connectivity index (χ1v) is 6.72. The van der Waals surface area contributed by atoms with Gasteiger partial charge < -0.3 is 0 Å². The van der Waals surface area contributed by atoms with E-state index in [0.717, 1.165) is 6.42 Å². The minimum absolute atomic E-state index is 0.00207. The van der Waals surface area contributed by atoms with Gasteiger partial charge in [-0.15, -0.1) is 0 Å². The quantitative estimate of drug-likeness (QED) is 0.869. The van der Waals surface area contributed by atoms with Crippen molar-refractivity contribution in [1.29, 1.82) is 5.26 Å². The van der Waals surface area contributed by atoms with E-state index in [-0.39, 0.29) is 22.0 Å². The third kappa shape index (κ3) is 2.30. The Balaban J connectivity index is 2.30. The van der Waals surface area contributed by atoms with Crippen molar-refractivity contribution >= 4 is 10.0 Å². The standard InChI is InChI=1S/C11H13N3O2S/c1-11(2)6-10(11)14-17(15,16)9-4-3-5-13-8(9)7-12/h3-5,10,14H,6H2,1-2H3. The molecule has 0 radical (unpaired) electrons. The molecular weight excluding hydrogens is 238 g/mol. The van der Waals surface area contributed by atoms with Crippen molar-refractivity contribution in [2.24, 2.45) is 5.41 Å². The van der Waals surface area contributed by atoms with E-state index >= 15 is 0 Å². The molecule has 0 aromatic carbocycles. The first-order chi connectivity index (χ1) is 7.87. The second kappa shape index (κ2) is 3.79. The van der Waals surface area contributed by atoms with E-state index in [1.165, 1.54) is 18.3 Å². The smallest absolute Gasteiger partial charge is 0.243 e. The van der Waals surface area contributed by atoms with Crippen LogP contribution in [0.2, 0.25) is 0 Å². The highest BCUT2D eigenvalue weighted by atomic mass is 32.2. The molecule has 1 unspecified atom stereocenters. The summed E-state index contributed by atoms with van der Waals surface area (Å²) < 4.78 is 26.7. The lowest BCUT2D eigenvalue weighted by molar-refractivity contribution is 0.554. The minimum atomic E-state index is -3.65. The van der Waals surface area contributed by atoms with Crippen LogP contribution in [0, 0.1) is 16.7 Å². The summed E-state index contributed by atoms with van der Waals surface area (Å²) in [5, 5.41) is 8.83. The number of nitriles is 1. The van der Waals surface area contributed by atoms with Crippen LogP contribution in [0.5, 0.6) is 0 Å². The van der Waals surface area contributed by atoms with Crippen LogP contribution in [0.4, 0.5) is 0 Å². The van der Waals surface area contributed by atoms with Gasteiger partial charge in [-0.3, -0.25) is 0 Å². The van der Waals surface area contributed by atoms with Crippen LogP contribution in [0.15, 0.2) is 23.2 Å². The Kier molecular flexibility index (Phi) is 2.68. The number of sulfonamides is 1. The molecule has 0 saturated heterocycles. The summed E-state index contributed by atoms with van der Waals surface area (Å²) >= 11 is 0. The second-order valence-electron chi connectivity index (χ2n) is 4.83. The molecule has 0 amide bonds. The van der Waals surface area contributed by atoms with E-state index in [4.69, 9.17) is 5.26 Å². The average Bonchev–Trinajstić information content (AvgIpc) is 2.85. The predicted molar refractivity (Wildman–Crippen MR) is 61.5 cm³/mol. The largest absolute Gasteiger partial charge is 0.244 e. The molecule has 5 nitrogen and oxygen atoms in total. The van der Waals surface area contributed by atoms with Crippen LogP contribution >= 0.6 is 0 Å². The lowest BCUT2D eigenvalue weighted by atomic mass is 10.2. The molecule has 1 N–H and O–H groups in total. The van der Waals surface area contributed by atoms with Gasteiger partial charge in [0.15, 0.2) is 5.69 Å². The zero-order valence-corrected chi connectivity index (χ0v) is 10.5. The van der Waals surface area contributed by atoms with Crippen molar-refractivity contribution in [2.45, 2.75) is 31.2 Å². The number of hydrogen-bond acceptors (Lipinski definition) is 4. The third-order valence-corrected chi connectivity index (χ3v) is 4.48. The molecule has 1 fully saturated rings. The van der Waals surface area contributed by atoms with Crippen molar-refractivity contribution in [3.63, 3.8) is 0 Å². The molecule has 1 aliphatic rings. The molecule has 0 spiro atoms. The molecule has 1 aromatic rings. The van der Waals surface area contributed by atoms with Crippen LogP contribution < -0.4 is 4.72 Å². The minimum Gasteiger partial charge on any atom is -0.244 e. The Morgan fingerprint density at radius 2 is 2.24 bits per heavy atom. The van der Waals surface area contributed by atoms with Crippen LogP contribution in [0.25, 0.3) is 0 Å². The molecule has 1 saturated carbocycles. The first kappa shape index (κ1) is 12.0. The highest BCUT2D eigenvalue weighted by Crippen LogP contribution is 2.45. The maximum absolute atomic E-state index is 12.0. The number of nitrogens with one attached hydrogen (secondary N) is 1. The van der Waals surface area contributed by atoms with Gasteiger partial charge in [-0.05, 0) is 24.0 Å². The van der Waals surface area contributed by atoms with E-state index < -0.39 is 10.0 Å². The Hall–Kier alpha value is -1.45. The van der Waals surface area contributed by atoms with Crippen molar-refractivity contribution < 1.29 is 8.42 Å². The number of aromatic nitrogens is 1. The Morgan fingerprint density at radius 3 is 2.76 bits per heavy atom. The summed E-state index contributed by atoms with van der Waals surface area (Å²) in [4.78, 5) is 3.70. The molecule has 1 aliphatic carbocycles. The van der Waals surface area contributed by atoms with Gasteiger partial charge in [-0.2, -0.15) is 5.26 Å². The molecule has 1 aromatic heterocycles. The maximum Gasteiger partial charge on any atom is 0.243 e. The molecule has 17 heavy (non-hydrogen) atoms. The molecule has 2 rings (SSSR count). The van der Waals surface area contributed by atoms with E-state index in [0.29, 0.717) is 0 Å². The zero-order chi connectivity index (χ0) is 12.7. The Bertz CT molecular complexity index is 587. The number of nitrogens with zero attached hydrogens (tertiary/aromatic N) is 2. The van der Waals surface area contributed by atoms with Gasteiger partial charge >= 0.3 is 0 Å². The SMILES string of the molecule is CC1(C)CC1NS(=O)(=O)c1cccnc1C#N. The molecule has 0 aliphatic heterocycles. The van der Waals surface area contributed by atoms with Crippen molar-refractivity contribution in [3.8, 4) is 6.07 Å². The van der Waals surface area contributed by atoms with Crippen LogP contribution in [-0.4, -0.2) is 19.4 Å². The molecule has 1 heterocycles. The van der Waals surface area contributed by atoms with Gasteiger partial charge in [0.25, 0.3) is 0 Å². The van der Waals surface area contributed by atoms with Crippen LogP contribution in [0.3, 0.4) is 0 Å². The van der Waals surface area contributed by atoms with Gasteiger partial charge in [0, 0.05) is 12.2 Å². The fraction of sp³-hybridized carbons (Fsp3) is 0.455. The van der Waals surface area contributed by atoms with E-state index in [9.17, 15) is 8.42 Å². The molecule has 0 bridgehead atoms. The van der Waals surface area contributed by atoms with E-state index in [2.05, 4.69) is 9.71 Å². The normalized spacial score (nSPS) is 21.8. The van der Waals surface area contributed by atoms with Crippen molar-refractivity contribution in [3.05, 3.63) is 24.0 Å². The maximum atomic E-state index is 12.0. The Morgan fingerprint density at radius 1 is 1.59 bits per heavy atom. The predicted octanol–water partition coefficient (Wildman–Crippen LogP) is 1.03. The summed E-state index contributed by atoms with van der Waals surface area (Å²) in [7, 11) is -3.65. The third-order valence-electron chi connectivity index (χ3n) is 2.98. The monoisotopic (exact) mass is 251 g/mol. The van der Waals surface area contributed by atoms with Crippen molar-refractivity contribution in [1.82, 2.24) is 9.71 Å². The number of rotatable bonds is 3. The lowest BCUT2D eigenvalue weighted by Gasteiger charge is -2.08. The summed E-state index contributed by atoms with van der Waals surface area (Å²) in [5.74, 6) is 0. The number of hydrogen-bond donors (Lipinski definition) is 1. The second-order valence-corrected chi connectivity index (χ2v) is 6.51. The van der Waals surface area contributed by atoms with Crippen LogP contribution in [0.1, 0.15) is 26.0 Å².